The summed E-state index contributed by atoms with van der Waals surface area (Å²) in [6, 6.07) is 2.07. The van der Waals surface area contributed by atoms with Crippen LogP contribution < -0.4 is 5.32 Å². The van der Waals surface area contributed by atoms with Crippen LogP contribution >= 0.6 is 15.9 Å². The summed E-state index contributed by atoms with van der Waals surface area (Å²) >= 11 is 3.46. The molecule has 0 aromatic carbocycles. The van der Waals surface area contributed by atoms with Crippen molar-refractivity contribution in [2.45, 2.75) is 44.4 Å². The zero-order valence-electron chi connectivity index (χ0n) is 11.0. The number of hydrogen-bond acceptors (Lipinski definition) is 3. The summed E-state index contributed by atoms with van der Waals surface area (Å²) in [5, 5.41) is 9.99. The van der Waals surface area contributed by atoms with Crippen LogP contribution in [0.3, 0.4) is 0 Å². The number of carbonyl (C=O) groups excluding carboxylic acids is 1. The number of rotatable bonds is 5. The number of pyridine rings is 1. The summed E-state index contributed by atoms with van der Waals surface area (Å²) in [6.07, 6.45) is 7.17. The third-order valence-corrected chi connectivity index (χ3v) is 4.30. The maximum absolute atomic E-state index is 11.9. The number of halogens is 1. The van der Waals surface area contributed by atoms with Gasteiger partial charge in [-0.15, -0.1) is 0 Å². The number of unbranched alkanes of at least 4 members (excludes halogenated alkanes) is 1. The van der Waals surface area contributed by atoms with Crippen LogP contribution in [0.4, 0.5) is 5.82 Å². The van der Waals surface area contributed by atoms with Gasteiger partial charge in [-0.05, 0) is 53.9 Å². The zero-order valence-corrected chi connectivity index (χ0v) is 12.6. The van der Waals surface area contributed by atoms with Gasteiger partial charge in [0.05, 0.1) is 0 Å². The predicted molar refractivity (Wildman–Crippen MR) is 79.8 cm³/mol. The molecule has 1 aliphatic rings. The second-order valence-electron chi connectivity index (χ2n) is 5.00. The summed E-state index contributed by atoms with van der Waals surface area (Å²) in [4.78, 5) is 16.2. The second-order valence-corrected chi connectivity index (χ2v) is 5.92. The largest absolute Gasteiger partial charge is 0.313 e. The number of aromatic nitrogens is 1. The summed E-state index contributed by atoms with van der Waals surface area (Å²) in [5.74, 6) is 0.732. The minimum absolute atomic E-state index is 0.0408. The molecule has 1 amide bonds. The topological polar surface area (TPSA) is 65.8 Å². The lowest BCUT2D eigenvalue weighted by Gasteiger charge is -2.37. The molecule has 1 atom stereocenters. The van der Waals surface area contributed by atoms with Gasteiger partial charge in [-0.1, -0.05) is 6.92 Å². The third-order valence-electron chi connectivity index (χ3n) is 3.86. The molecule has 0 bridgehead atoms. The molecule has 2 heterocycles. The Balaban J connectivity index is 2.40. The molecule has 1 aromatic rings. The van der Waals surface area contributed by atoms with Gasteiger partial charge in [0.15, 0.2) is 0 Å². The highest BCUT2D eigenvalue weighted by molar-refractivity contribution is 9.10. The molecule has 102 valence electrons. The maximum atomic E-state index is 11.9. The maximum Gasteiger partial charge on any atom is 0.226 e. The number of hydrogen-bond donors (Lipinski definition) is 2. The summed E-state index contributed by atoms with van der Waals surface area (Å²) in [5.41, 5.74) is 0.978. The number of amides is 1. The van der Waals surface area contributed by atoms with Gasteiger partial charge in [0.1, 0.15) is 5.82 Å². The summed E-state index contributed by atoms with van der Waals surface area (Å²) in [7, 11) is 0. The van der Waals surface area contributed by atoms with Crippen molar-refractivity contribution < 1.29 is 4.79 Å². The standard InChI is InChI=1S/C14H18BrN3O/c1-2-14(5-3-4-6-16)8-12(19)18-13-11(14)7-10(15)9-17-13/h6-7,9,16H,2-5,8H2,1H3,(H,17,18,19)/t14-/m0/s1. The van der Waals surface area contributed by atoms with Gasteiger partial charge in [-0.25, -0.2) is 4.98 Å². The van der Waals surface area contributed by atoms with Crippen LogP contribution in [0.25, 0.3) is 0 Å². The number of fused-ring (bicyclic) bond motifs is 1. The second kappa shape index (κ2) is 5.82. The monoisotopic (exact) mass is 323 g/mol. The van der Waals surface area contributed by atoms with E-state index in [-0.39, 0.29) is 11.3 Å². The van der Waals surface area contributed by atoms with E-state index in [0.717, 1.165) is 35.7 Å². The van der Waals surface area contributed by atoms with Crippen LogP contribution in [-0.2, 0) is 10.2 Å². The molecule has 19 heavy (non-hydrogen) atoms. The van der Waals surface area contributed by atoms with Gasteiger partial charge in [0.25, 0.3) is 0 Å². The number of nitrogens with zero attached hydrogens (tertiary/aromatic N) is 1. The Morgan fingerprint density at radius 1 is 1.63 bits per heavy atom. The number of anilines is 1. The molecular weight excluding hydrogens is 306 g/mol. The molecule has 2 rings (SSSR count). The minimum atomic E-state index is -0.141. The normalized spacial score (nSPS) is 21.7. The molecule has 4 nitrogen and oxygen atoms in total. The molecule has 2 N–H and O–H groups in total. The molecule has 0 fully saturated rings. The smallest absolute Gasteiger partial charge is 0.226 e. The van der Waals surface area contributed by atoms with Crippen molar-refractivity contribution in [2.75, 3.05) is 5.32 Å². The summed E-state index contributed by atoms with van der Waals surface area (Å²) in [6.45, 7) is 2.12. The van der Waals surface area contributed by atoms with E-state index in [0.29, 0.717) is 12.2 Å². The van der Waals surface area contributed by atoms with Gasteiger partial charge in [-0.2, -0.15) is 0 Å². The molecular formula is C14H18BrN3O. The number of nitrogens with one attached hydrogen (secondary N) is 2. The van der Waals surface area contributed by atoms with Crippen LogP contribution in [-0.4, -0.2) is 17.1 Å². The van der Waals surface area contributed by atoms with Crippen molar-refractivity contribution in [3.8, 4) is 0 Å². The molecule has 1 aliphatic heterocycles. The SMILES string of the molecule is CC[C@]1(CCCC=N)CC(=O)Nc2ncc(Br)cc21. The Morgan fingerprint density at radius 3 is 3.11 bits per heavy atom. The molecule has 1 aromatic heterocycles. The fraction of sp³-hybridized carbons (Fsp3) is 0.500. The van der Waals surface area contributed by atoms with E-state index >= 15 is 0 Å². The van der Waals surface area contributed by atoms with Crippen molar-refractivity contribution in [2.24, 2.45) is 0 Å². The summed E-state index contributed by atoms with van der Waals surface area (Å²) < 4.78 is 0.937. The first-order chi connectivity index (χ1) is 9.11. The lowest BCUT2D eigenvalue weighted by atomic mass is 9.70. The van der Waals surface area contributed by atoms with Gasteiger partial charge < -0.3 is 10.7 Å². The Morgan fingerprint density at radius 2 is 2.42 bits per heavy atom. The quantitative estimate of drug-likeness (QED) is 0.641. The van der Waals surface area contributed by atoms with Gasteiger partial charge in [0, 0.05) is 28.1 Å². The van der Waals surface area contributed by atoms with E-state index in [4.69, 9.17) is 5.41 Å². The van der Waals surface area contributed by atoms with E-state index in [9.17, 15) is 4.79 Å². The van der Waals surface area contributed by atoms with Gasteiger partial charge >= 0.3 is 0 Å². The average molecular weight is 324 g/mol. The highest BCUT2D eigenvalue weighted by atomic mass is 79.9. The molecule has 0 unspecified atom stereocenters. The lowest BCUT2D eigenvalue weighted by Crippen LogP contribution is -2.37. The Kier molecular flexibility index (Phi) is 4.34. The molecule has 0 spiro atoms. The van der Waals surface area contributed by atoms with Crippen LogP contribution in [0.15, 0.2) is 16.7 Å². The molecule has 0 saturated carbocycles. The van der Waals surface area contributed by atoms with E-state index in [2.05, 4.69) is 39.2 Å². The van der Waals surface area contributed by atoms with Crippen molar-refractivity contribution in [1.82, 2.24) is 4.98 Å². The first-order valence-corrected chi connectivity index (χ1v) is 7.35. The third kappa shape index (κ3) is 2.86. The van der Waals surface area contributed by atoms with Crippen molar-refractivity contribution in [3.05, 3.63) is 22.3 Å². The van der Waals surface area contributed by atoms with E-state index < -0.39 is 0 Å². The Labute approximate surface area is 121 Å². The Bertz CT molecular complexity index is 503. The Hall–Kier alpha value is -1.23. The van der Waals surface area contributed by atoms with Crippen molar-refractivity contribution in [3.63, 3.8) is 0 Å². The van der Waals surface area contributed by atoms with Crippen LogP contribution in [0.1, 0.15) is 44.6 Å². The minimum Gasteiger partial charge on any atom is -0.313 e. The van der Waals surface area contributed by atoms with Crippen LogP contribution in [0, 0.1) is 5.41 Å². The van der Waals surface area contributed by atoms with Gasteiger partial charge in [0.2, 0.25) is 5.91 Å². The van der Waals surface area contributed by atoms with Gasteiger partial charge in [-0.3, -0.25) is 4.79 Å². The fourth-order valence-electron chi connectivity index (χ4n) is 2.78. The van der Waals surface area contributed by atoms with Crippen molar-refractivity contribution >= 4 is 33.9 Å². The van der Waals surface area contributed by atoms with Crippen molar-refractivity contribution in [1.29, 1.82) is 5.41 Å². The molecule has 0 aliphatic carbocycles. The lowest BCUT2D eigenvalue weighted by molar-refractivity contribution is -0.118. The zero-order chi connectivity index (χ0) is 13.9. The molecule has 0 radical (unpaired) electrons. The molecule has 5 heteroatoms. The van der Waals surface area contributed by atoms with E-state index in [1.54, 1.807) is 6.20 Å². The predicted octanol–water partition coefficient (Wildman–Crippen LogP) is 3.65. The van der Waals surface area contributed by atoms with E-state index in [1.807, 2.05) is 0 Å². The van der Waals surface area contributed by atoms with Crippen LogP contribution in [0.2, 0.25) is 0 Å². The van der Waals surface area contributed by atoms with E-state index in [1.165, 1.54) is 6.21 Å². The fourth-order valence-corrected chi connectivity index (χ4v) is 3.11. The number of carbonyl (C=O) groups is 1. The highest BCUT2D eigenvalue weighted by Gasteiger charge is 2.39. The van der Waals surface area contributed by atoms with Crippen LogP contribution in [0.5, 0.6) is 0 Å². The highest BCUT2D eigenvalue weighted by Crippen LogP contribution is 2.43. The average Bonchev–Trinajstić information content (AvgIpc) is 2.39. The first kappa shape index (κ1) is 14.2. The molecule has 0 saturated heterocycles. The first-order valence-electron chi connectivity index (χ1n) is 6.56.